The predicted molar refractivity (Wildman–Crippen MR) is 75.9 cm³/mol. The molecule has 0 saturated heterocycles. The van der Waals surface area contributed by atoms with E-state index in [1.54, 1.807) is 0 Å². The fraction of sp³-hybridized carbons (Fsp3) is 0.500. The first-order chi connectivity index (χ1) is 8.63. The van der Waals surface area contributed by atoms with E-state index in [1.165, 1.54) is 0 Å². The molecule has 3 N–H and O–H groups in total. The fourth-order valence-electron chi connectivity index (χ4n) is 2.33. The summed E-state index contributed by atoms with van der Waals surface area (Å²) in [5.41, 5.74) is 7.43. The van der Waals surface area contributed by atoms with Crippen LogP contribution in [0.1, 0.15) is 19.3 Å². The van der Waals surface area contributed by atoms with Gasteiger partial charge >= 0.3 is 0 Å². The third-order valence-corrected chi connectivity index (χ3v) is 3.77. The van der Waals surface area contributed by atoms with Gasteiger partial charge in [-0.3, -0.25) is 4.79 Å². The highest BCUT2D eigenvalue weighted by Gasteiger charge is 2.29. The summed E-state index contributed by atoms with van der Waals surface area (Å²) < 4.78 is 0. The quantitative estimate of drug-likeness (QED) is 0.609. The fourth-order valence-corrected chi connectivity index (χ4v) is 2.77. The molecule has 0 radical (unpaired) electrons. The molecule has 2 aliphatic rings. The highest BCUT2D eigenvalue weighted by atomic mass is 35.5. The summed E-state index contributed by atoms with van der Waals surface area (Å²) in [6.45, 7) is 0.645. The van der Waals surface area contributed by atoms with Gasteiger partial charge in [0.15, 0.2) is 5.11 Å². The maximum Gasteiger partial charge on any atom is 0.226 e. The van der Waals surface area contributed by atoms with Crippen molar-refractivity contribution in [2.24, 2.45) is 11.7 Å². The van der Waals surface area contributed by atoms with Gasteiger partial charge in [-0.25, -0.2) is 0 Å². The second-order valence-corrected chi connectivity index (χ2v) is 5.18. The number of nitrogens with one attached hydrogen (secondary N) is 1. The smallest absolute Gasteiger partial charge is 0.226 e. The Labute approximate surface area is 117 Å². The van der Waals surface area contributed by atoms with Gasteiger partial charge in [-0.1, -0.05) is 0 Å². The first-order valence-corrected chi connectivity index (χ1v) is 6.92. The van der Waals surface area contributed by atoms with Crippen LogP contribution in [0.15, 0.2) is 23.5 Å². The molecule has 0 unspecified atom stereocenters. The van der Waals surface area contributed by atoms with Crippen molar-refractivity contribution >= 4 is 34.8 Å². The standard InChI is InChI=1S/C12H16ClN3OS/c13-5-7-16-6-4-8-2-1-3-9(11(14)17)10(8)15-12(16)18/h4,6,9H,1-3,5,7H2,(H2,14,17)(H,15,18)/t9-/m0/s1. The van der Waals surface area contributed by atoms with Crippen molar-refractivity contribution in [3.05, 3.63) is 23.5 Å². The van der Waals surface area contributed by atoms with Crippen molar-refractivity contribution in [3.63, 3.8) is 0 Å². The van der Waals surface area contributed by atoms with Gasteiger partial charge in [0.1, 0.15) is 0 Å². The summed E-state index contributed by atoms with van der Waals surface area (Å²) >= 11 is 11.0. The van der Waals surface area contributed by atoms with Crippen LogP contribution in [-0.4, -0.2) is 28.3 Å². The number of primary amides is 1. The Bertz CT molecular complexity index is 433. The molecule has 98 valence electrons. The van der Waals surface area contributed by atoms with E-state index in [-0.39, 0.29) is 11.8 Å². The minimum absolute atomic E-state index is 0.257. The summed E-state index contributed by atoms with van der Waals surface area (Å²) in [6, 6.07) is 0. The molecule has 0 fully saturated rings. The maximum absolute atomic E-state index is 11.5. The van der Waals surface area contributed by atoms with Crippen LogP contribution in [0, 0.1) is 5.92 Å². The Morgan fingerprint density at radius 2 is 2.44 bits per heavy atom. The molecular formula is C12H16ClN3OS. The molecule has 0 aromatic carbocycles. The van der Waals surface area contributed by atoms with Gasteiger partial charge in [-0.05, 0) is 43.1 Å². The molecule has 4 nitrogen and oxygen atoms in total. The number of allylic oxidation sites excluding steroid dienone is 2. The topological polar surface area (TPSA) is 58.4 Å². The molecule has 1 heterocycles. The number of alkyl halides is 1. The Hall–Kier alpha value is -1.07. The van der Waals surface area contributed by atoms with Gasteiger partial charge in [-0.15, -0.1) is 11.6 Å². The van der Waals surface area contributed by atoms with Crippen molar-refractivity contribution in [3.8, 4) is 0 Å². The van der Waals surface area contributed by atoms with Crippen LogP contribution in [0.25, 0.3) is 0 Å². The zero-order valence-electron chi connectivity index (χ0n) is 9.99. The normalized spacial score (nSPS) is 23.5. The van der Waals surface area contributed by atoms with Crippen molar-refractivity contribution in [2.45, 2.75) is 19.3 Å². The van der Waals surface area contributed by atoms with Crippen LogP contribution in [0.5, 0.6) is 0 Å². The number of carbonyl (C=O) groups is 1. The number of nitrogens with zero attached hydrogens (tertiary/aromatic N) is 1. The molecule has 0 aromatic heterocycles. The number of amides is 1. The number of hydrogen-bond donors (Lipinski definition) is 2. The van der Waals surface area contributed by atoms with E-state index in [4.69, 9.17) is 29.6 Å². The van der Waals surface area contributed by atoms with Gasteiger partial charge in [0.2, 0.25) is 5.91 Å². The second-order valence-electron chi connectivity index (χ2n) is 4.41. The highest BCUT2D eigenvalue weighted by Crippen LogP contribution is 2.30. The minimum atomic E-state index is -0.295. The van der Waals surface area contributed by atoms with Crippen LogP contribution in [-0.2, 0) is 4.79 Å². The van der Waals surface area contributed by atoms with Crippen LogP contribution >= 0.6 is 23.8 Å². The number of nitrogens with two attached hydrogens (primary N) is 1. The number of rotatable bonds is 3. The van der Waals surface area contributed by atoms with E-state index in [0.29, 0.717) is 17.5 Å². The molecule has 1 aliphatic heterocycles. The zero-order valence-corrected chi connectivity index (χ0v) is 11.6. The van der Waals surface area contributed by atoms with Crippen molar-refractivity contribution in [1.29, 1.82) is 0 Å². The molecule has 2 rings (SSSR count). The minimum Gasteiger partial charge on any atom is -0.369 e. The Morgan fingerprint density at radius 1 is 1.67 bits per heavy atom. The monoisotopic (exact) mass is 285 g/mol. The molecule has 18 heavy (non-hydrogen) atoms. The second kappa shape index (κ2) is 5.71. The third kappa shape index (κ3) is 2.67. The lowest BCUT2D eigenvalue weighted by molar-refractivity contribution is -0.121. The summed E-state index contributed by atoms with van der Waals surface area (Å²) in [4.78, 5) is 13.4. The van der Waals surface area contributed by atoms with Crippen LogP contribution in [0.2, 0.25) is 0 Å². The Balaban J connectivity index is 2.26. The summed E-state index contributed by atoms with van der Waals surface area (Å²) in [7, 11) is 0. The molecule has 1 aliphatic carbocycles. The number of carbonyl (C=O) groups excluding carboxylic acids is 1. The molecule has 1 atom stereocenters. The van der Waals surface area contributed by atoms with Crippen molar-refractivity contribution in [1.82, 2.24) is 10.2 Å². The number of hydrogen-bond acceptors (Lipinski definition) is 2. The van der Waals surface area contributed by atoms with Crippen molar-refractivity contribution in [2.75, 3.05) is 12.4 Å². The summed E-state index contributed by atoms with van der Waals surface area (Å²) in [6.07, 6.45) is 6.63. The molecular weight excluding hydrogens is 270 g/mol. The molecule has 1 amide bonds. The molecule has 0 aromatic rings. The van der Waals surface area contributed by atoms with Gasteiger partial charge in [0.25, 0.3) is 0 Å². The van der Waals surface area contributed by atoms with Crippen molar-refractivity contribution < 1.29 is 4.79 Å². The zero-order chi connectivity index (χ0) is 13.1. The Kier molecular flexibility index (Phi) is 4.24. The largest absolute Gasteiger partial charge is 0.369 e. The van der Waals surface area contributed by atoms with E-state index in [1.807, 2.05) is 17.2 Å². The van der Waals surface area contributed by atoms with Crippen LogP contribution in [0.3, 0.4) is 0 Å². The first kappa shape index (κ1) is 13.4. The van der Waals surface area contributed by atoms with E-state index in [9.17, 15) is 4.79 Å². The van der Waals surface area contributed by atoms with E-state index >= 15 is 0 Å². The number of thiocarbonyl (C=S) groups is 1. The molecule has 0 spiro atoms. The van der Waals surface area contributed by atoms with Gasteiger partial charge in [0.05, 0.1) is 5.92 Å². The third-order valence-electron chi connectivity index (χ3n) is 3.26. The lowest BCUT2D eigenvalue weighted by atomic mass is 9.86. The summed E-state index contributed by atoms with van der Waals surface area (Å²) in [5, 5.41) is 3.74. The lowest BCUT2D eigenvalue weighted by Crippen LogP contribution is -2.40. The van der Waals surface area contributed by atoms with E-state index < -0.39 is 0 Å². The maximum atomic E-state index is 11.5. The van der Waals surface area contributed by atoms with Crippen LogP contribution < -0.4 is 11.1 Å². The number of halogens is 1. The molecule has 6 heteroatoms. The molecule has 0 bridgehead atoms. The SMILES string of the molecule is NC(=O)[C@H]1CCCC2=C1NC(=S)N(CCCl)C=C2. The Morgan fingerprint density at radius 3 is 3.11 bits per heavy atom. The molecule has 0 saturated carbocycles. The van der Waals surface area contributed by atoms with E-state index in [0.717, 1.165) is 30.5 Å². The average molecular weight is 286 g/mol. The van der Waals surface area contributed by atoms with Gasteiger partial charge in [-0.2, -0.15) is 0 Å². The highest BCUT2D eigenvalue weighted by molar-refractivity contribution is 7.80. The van der Waals surface area contributed by atoms with E-state index in [2.05, 4.69) is 5.32 Å². The van der Waals surface area contributed by atoms with Crippen LogP contribution in [0.4, 0.5) is 0 Å². The average Bonchev–Trinajstić information content (AvgIpc) is 2.49. The van der Waals surface area contributed by atoms with Gasteiger partial charge < -0.3 is 16.0 Å². The van der Waals surface area contributed by atoms with Gasteiger partial charge in [0, 0.05) is 24.3 Å². The summed E-state index contributed by atoms with van der Waals surface area (Å²) in [5.74, 6) is -0.0558. The first-order valence-electron chi connectivity index (χ1n) is 5.97. The predicted octanol–water partition coefficient (Wildman–Crippen LogP) is 1.47. The lowest BCUT2D eigenvalue weighted by Gasteiger charge is -2.26.